The van der Waals surface area contributed by atoms with E-state index < -0.39 is 10.0 Å². The number of carbonyl (C=O) groups excluding carboxylic acids is 1. The molecular formula is C19H26Cl2N4O3S. The minimum absolute atomic E-state index is 0. The van der Waals surface area contributed by atoms with Gasteiger partial charge in [-0.2, -0.15) is 0 Å². The van der Waals surface area contributed by atoms with Crippen LogP contribution in [0.2, 0.25) is 0 Å². The first kappa shape index (κ1) is 25.2. The highest BCUT2D eigenvalue weighted by atomic mass is 35.5. The Morgan fingerprint density at radius 2 is 1.83 bits per heavy atom. The Labute approximate surface area is 184 Å². The maximum atomic E-state index is 12.9. The fourth-order valence-corrected chi connectivity index (χ4v) is 4.23. The van der Waals surface area contributed by atoms with Gasteiger partial charge in [0.2, 0.25) is 0 Å². The number of pyridine rings is 1. The Balaban J connectivity index is 0.00000210. The molecule has 0 radical (unpaired) electrons. The molecule has 1 amide bonds. The van der Waals surface area contributed by atoms with Gasteiger partial charge in [-0.3, -0.25) is 14.5 Å². The van der Waals surface area contributed by atoms with Crippen molar-refractivity contribution < 1.29 is 13.2 Å². The summed E-state index contributed by atoms with van der Waals surface area (Å²) in [6.07, 6.45) is 4.85. The summed E-state index contributed by atoms with van der Waals surface area (Å²) in [6, 6.07) is 9.43. The van der Waals surface area contributed by atoms with Gasteiger partial charge in [0.15, 0.2) is 0 Å². The van der Waals surface area contributed by atoms with Crippen molar-refractivity contribution in [1.29, 1.82) is 0 Å². The summed E-state index contributed by atoms with van der Waals surface area (Å²) >= 11 is 0. The maximum absolute atomic E-state index is 12.9. The third-order valence-electron chi connectivity index (χ3n) is 4.54. The molecule has 1 aliphatic heterocycles. The number of sulfonamides is 1. The first-order valence-electron chi connectivity index (χ1n) is 9.06. The van der Waals surface area contributed by atoms with E-state index in [4.69, 9.17) is 0 Å². The van der Waals surface area contributed by atoms with Gasteiger partial charge in [-0.25, -0.2) is 8.42 Å². The number of rotatable bonds is 7. The number of nitrogens with one attached hydrogen (secondary N) is 2. The van der Waals surface area contributed by atoms with Crippen molar-refractivity contribution in [3.8, 4) is 0 Å². The lowest BCUT2D eigenvalue weighted by Gasteiger charge is -2.28. The monoisotopic (exact) mass is 460 g/mol. The molecule has 0 spiro atoms. The van der Waals surface area contributed by atoms with Crippen LogP contribution < -0.4 is 10.0 Å². The first-order valence-corrected chi connectivity index (χ1v) is 10.5. The van der Waals surface area contributed by atoms with Crippen LogP contribution in [0.5, 0.6) is 0 Å². The molecule has 7 nitrogen and oxygen atoms in total. The number of aromatic nitrogens is 1. The highest BCUT2D eigenvalue weighted by Crippen LogP contribution is 2.18. The highest BCUT2D eigenvalue weighted by molar-refractivity contribution is 7.92. The van der Waals surface area contributed by atoms with Crippen molar-refractivity contribution in [2.75, 3.05) is 24.4 Å². The van der Waals surface area contributed by atoms with Crippen LogP contribution in [-0.2, 0) is 10.0 Å². The summed E-state index contributed by atoms with van der Waals surface area (Å²) in [5, 5.41) is 3.28. The van der Waals surface area contributed by atoms with Gasteiger partial charge in [0.05, 0.1) is 10.6 Å². The van der Waals surface area contributed by atoms with Crippen LogP contribution >= 0.6 is 24.8 Å². The van der Waals surface area contributed by atoms with Gasteiger partial charge in [0.25, 0.3) is 15.9 Å². The molecule has 10 heteroatoms. The average molecular weight is 461 g/mol. The summed E-state index contributed by atoms with van der Waals surface area (Å²) < 4.78 is 27.5. The molecule has 0 saturated carbocycles. The zero-order chi connectivity index (χ0) is 19.3. The van der Waals surface area contributed by atoms with Crippen LogP contribution in [0.4, 0.5) is 5.69 Å². The van der Waals surface area contributed by atoms with Crippen LogP contribution in [-0.4, -0.2) is 49.9 Å². The molecule has 2 N–H and O–H groups in total. The third-order valence-corrected chi connectivity index (χ3v) is 5.94. The van der Waals surface area contributed by atoms with Crippen molar-refractivity contribution in [1.82, 2.24) is 15.2 Å². The molecule has 1 aromatic heterocycles. The van der Waals surface area contributed by atoms with E-state index in [2.05, 4.69) is 15.0 Å². The topological polar surface area (TPSA) is 91.4 Å². The van der Waals surface area contributed by atoms with Crippen molar-refractivity contribution in [3.63, 3.8) is 0 Å². The van der Waals surface area contributed by atoms with Crippen molar-refractivity contribution in [2.45, 2.75) is 30.7 Å². The van der Waals surface area contributed by atoms with Crippen LogP contribution in [0, 0.1) is 0 Å². The first-order chi connectivity index (χ1) is 13.0. The summed E-state index contributed by atoms with van der Waals surface area (Å²) in [5.74, 6) is -0.0587. The van der Waals surface area contributed by atoms with Crippen LogP contribution in [0.1, 0.15) is 30.1 Å². The van der Waals surface area contributed by atoms with Crippen molar-refractivity contribution in [3.05, 3.63) is 54.4 Å². The molecular weight excluding hydrogens is 435 g/mol. The van der Waals surface area contributed by atoms with Gasteiger partial charge < -0.3 is 10.2 Å². The minimum atomic E-state index is -3.71. The molecule has 160 valence electrons. The predicted molar refractivity (Wildman–Crippen MR) is 119 cm³/mol. The zero-order valence-electron chi connectivity index (χ0n) is 16.1. The van der Waals surface area contributed by atoms with Gasteiger partial charge in [-0.15, -0.1) is 24.8 Å². The lowest BCUT2D eigenvalue weighted by molar-refractivity contribution is 0.0692. The SMILES string of the molecule is CCCN(C(=O)c1ccc(S(=O)(=O)Nc2ccncc2)cc1)C1CCNC1.Cl.Cl. The van der Waals surface area contributed by atoms with E-state index in [9.17, 15) is 13.2 Å². The number of carbonyl (C=O) groups is 1. The maximum Gasteiger partial charge on any atom is 0.261 e. The summed E-state index contributed by atoms with van der Waals surface area (Å²) in [4.78, 5) is 18.8. The van der Waals surface area contributed by atoms with E-state index in [0.29, 0.717) is 17.8 Å². The number of hydrogen-bond donors (Lipinski definition) is 2. The van der Waals surface area contributed by atoms with E-state index >= 15 is 0 Å². The average Bonchev–Trinajstić information content (AvgIpc) is 3.20. The molecule has 29 heavy (non-hydrogen) atoms. The Morgan fingerprint density at radius 1 is 1.17 bits per heavy atom. The van der Waals surface area contributed by atoms with E-state index in [1.165, 1.54) is 24.5 Å². The lowest BCUT2D eigenvalue weighted by atomic mass is 10.1. The highest BCUT2D eigenvalue weighted by Gasteiger charge is 2.27. The number of anilines is 1. The fraction of sp³-hybridized carbons (Fsp3) is 0.368. The number of benzene rings is 1. The Morgan fingerprint density at radius 3 is 2.38 bits per heavy atom. The molecule has 0 bridgehead atoms. The molecule has 3 rings (SSSR count). The minimum Gasteiger partial charge on any atom is -0.334 e. The van der Waals surface area contributed by atoms with Crippen LogP contribution in [0.3, 0.4) is 0 Å². The zero-order valence-corrected chi connectivity index (χ0v) is 18.5. The van der Waals surface area contributed by atoms with Crippen molar-refractivity contribution in [2.24, 2.45) is 0 Å². The number of amides is 1. The summed E-state index contributed by atoms with van der Waals surface area (Å²) in [5.41, 5.74) is 0.936. The molecule has 1 aliphatic rings. The lowest BCUT2D eigenvalue weighted by Crippen LogP contribution is -2.42. The predicted octanol–water partition coefficient (Wildman–Crippen LogP) is 2.94. The second-order valence-corrected chi connectivity index (χ2v) is 8.19. The standard InChI is InChI=1S/C19H24N4O3S.2ClH/c1-2-13-23(17-9-12-21-14-17)19(24)15-3-5-18(6-4-15)27(25,26)22-16-7-10-20-11-8-16;;/h3-8,10-11,17,21H,2,9,12-14H2,1H3,(H,20,22);2*1H. The Bertz CT molecular complexity index is 874. The Kier molecular flexibility index (Phi) is 9.85. The second kappa shape index (κ2) is 11.3. The number of hydrogen-bond acceptors (Lipinski definition) is 5. The molecule has 1 fully saturated rings. The molecule has 1 saturated heterocycles. The largest absolute Gasteiger partial charge is 0.334 e. The van der Waals surface area contributed by atoms with Crippen molar-refractivity contribution >= 4 is 46.4 Å². The van der Waals surface area contributed by atoms with Crippen LogP contribution in [0.25, 0.3) is 0 Å². The van der Waals surface area contributed by atoms with Gasteiger partial charge in [-0.05, 0) is 55.8 Å². The molecule has 2 heterocycles. The van der Waals surface area contributed by atoms with E-state index in [1.807, 2.05) is 11.8 Å². The van der Waals surface area contributed by atoms with E-state index in [1.54, 1.807) is 24.3 Å². The molecule has 1 atom stereocenters. The molecule has 1 aromatic carbocycles. The van der Waals surface area contributed by atoms with E-state index in [-0.39, 0.29) is 41.7 Å². The van der Waals surface area contributed by atoms with Gasteiger partial charge in [0.1, 0.15) is 0 Å². The normalized spacial score (nSPS) is 15.7. The summed E-state index contributed by atoms with van der Waals surface area (Å²) in [7, 11) is -3.71. The smallest absolute Gasteiger partial charge is 0.261 e. The quantitative estimate of drug-likeness (QED) is 0.662. The van der Waals surface area contributed by atoms with Gasteiger partial charge in [0, 0.05) is 37.1 Å². The number of nitrogens with zero attached hydrogens (tertiary/aromatic N) is 2. The molecule has 1 unspecified atom stereocenters. The summed E-state index contributed by atoms with van der Waals surface area (Å²) in [6.45, 7) is 4.45. The molecule has 0 aliphatic carbocycles. The van der Waals surface area contributed by atoms with E-state index in [0.717, 1.165) is 25.9 Å². The van der Waals surface area contributed by atoms with Gasteiger partial charge >= 0.3 is 0 Å². The fourth-order valence-electron chi connectivity index (χ4n) is 3.17. The Hall–Kier alpha value is -1.87. The number of halogens is 2. The third kappa shape index (κ3) is 6.30. The van der Waals surface area contributed by atoms with Gasteiger partial charge in [-0.1, -0.05) is 6.92 Å². The second-order valence-electron chi connectivity index (χ2n) is 6.51. The molecule has 2 aromatic rings. The van der Waals surface area contributed by atoms with Crippen LogP contribution in [0.15, 0.2) is 53.7 Å².